The third-order valence-corrected chi connectivity index (χ3v) is 4.27. The quantitative estimate of drug-likeness (QED) is 0.738. The van der Waals surface area contributed by atoms with E-state index >= 15 is 0 Å². The summed E-state index contributed by atoms with van der Waals surface area (Å²) in [5, 5.41) is 3.17. The molecule has 0 aromatic heterocycles. The Morgan fingerprint density at radius 3 is 2.71 bits per heavy atom. The van der Waals surface area contributed by atoms with Crippen LogP contribution in [0.2, 0.25) is 0 Å². The average Bonchev–Trinajstić information content (AvgIpc) is 3.07. The first-order valence-corrected chi connectivity index (χ1v) is 7.20. The molecule has 0 heterocycles. The van der Waals surface area contributed by atoms with E-state index in [1.807, 2.05) is 0 Å². The molecule has 3 unspecified atom stereocenters. The Kier molecular flexibility index (Phi) is 4.43. The predicted molar refractivity (Wildman–Crippen MR) is 69.5 cm³/mol. The standard InChI is InChI=1S/C14H26N2O/c1-10-3-2-4-12(8-5-10)16-14(17)9-13(15)11-6-7-11/h10-13H,2-9,15H2,1H3,(H,16,17). The molecule has 0 spiro atoms. The SMILES string of the molecule is CC1CCCC(NC(=O)CC(N)C2CC2)CC1. The molecular weight excluding hydrogens is 212 g/mol. The fourth-order valence-electron chi connectivity index (χ4n) is 2.82. The smallest absolute Gasteiger partial charge is 0.221 e. The second-order valence-electron chi connectivity index (χ2n) is 6.08. The van der Waals surface area contributed by atoms with Crippen LogP contribution in [0.3, 0.4) is 0 Å². The maximum absolute atomic E-state index is 11.9. The molecule has 3 nitrogen and oxygen atoms in total. The van der Waals surface area contributed by atoms with Gasteiger partial charge in [0.25, 0.3) is 0 Å². The molecule has 2 rings (SSSR count). The number of rotatable bonds is 4. The minimum Gasteiger partial charge on any atom is -0.353 e. The summed E-state index contributed by atoms with van der Waals surface area (Å²) in [7, 11) is 0. The van der Waals surface area contributed by atoms with E-state index in [-0.39, 0.29) is 11.9 Å². The van der Waals surface area contributed by atoms with Crippen molar-refractivity contribution in [1.29, 1.82) is 0 Å². The summed E-state index contributed by atoms with van der Waals surface area (Å²) in [6, 6.07) is 0.499. The van der Waals surface area contributed by atoms with Crippen LogP contribution in [0.15, 0.2) is 0 Å². The summed E-state index contributed by atoms with van der Waals surface area (Å²) in [6.45, 7) is 2.31. The number of nitrogens with two attached hydrogens (primary N) is 1. The van der Waals surface area contributed by atoms with Gasteiger partial charge in [-0.15, -0.1) is 0 Å². The van der Waals surface area contributed by atoms with Crippen molar-refractivity contribution in [3.05, 3.63) is 0 Å². The van der Waals surface area contributed by atoms with Crippen LogP contribution in [0.4, 0.5) is 0 Å². The van der Waals surface area contributed by atoms with Crippen LogP contribution in [0, 0.1) is 11.8 Å². The molecule has 1 amide bonds. The highest BCUT2D eigenvalue weighted by Gasteiger charge is 2.30. The van der Waals surface area contributed by atoms with Crippen LogP contribution in [-0.2, 0) is 4.79 Å². The lowest BCUT2D eigenvalue weighted by Gasteiger charge is -2.18. The third-order valence-electron chi connectivity index (χ3n) is 4.27. The van der Waals surface area contributed by atoms with Crippen molar-refractivity contribution < 1.29 is 4.79 Å². The van der Waals surface area contributed by atoms with E-state index in [4.69, 9.17) is 5.73 Å². The molecule has 0 aromatic rings. The minimum atomic E-state index is 0.0969. The second kappa shape index (κ2) is 5.85. The molecule has 3 N–H and O–H groups in total. The molecule has 0 aliphatic heterocycles. The Hall–Kier alpha value is -0.570. The van der Waals surface area contributed by atoms with Crippen LogP contribution in [-0.4, -0.2) is 18.0 Å². The molecule has 2 aliphatic carbocycles. The van der Waals surface area contributed by atoms with Gasteiger partial charge in [-0.05, 0) is 43.9 Å². The predicted octanol–water partition coefficient (Wildman–Crippen LogP) is 2.20. The van der Waals surface area contributed by atoms with Gasteiger partial charge in [0.1, 0.15) is 0 Å². The van der Waals surface area contributed by atoms with Gasteiger partial charge < -0.3 is 11.1 Å². The summed E-state index contributed by atoms with van der Waals surface area (Å²) < 4.78 is 0. The zero-order valence-corrected chi connectivity index (χ0v) is 11.0. The minimum absolute atomic E-state index is 0.0969. The fourth-order valence-corrected chi connectivity index (χ4v) is 2.82. The van der Waals surface area contributed by atoms with E-state index in [2.05, 4.69) is 12.2 Å². The second-order valence-corrected chi connectivity index (χ2v) is 6.08. The molecule has 98 valence electrons. The first-order chi connectivity index (χ1) is 8.15. The molecule has 2 aliphatic rings. The molecule has 0 bridgehead atoms. The van der Waals surface area contributed by atoms with Gasteiger partial charge in [0.2, 0.25) is 5.91 Å². The first-order valence-electron chi connectivity index (χ1n) is 7.20. The highest BCUT2D eigenvalue weighted by atomic mass is 16.1. The number of carbonyl (C=O) groups excluding carboxylic acids is 1. The fraction of sp³-hybridized carbons (Fsp3) is 0.929. The van der Waals surface area contributed by atoms with Crippen LogP contribution in [0.25, 0.3) is 0 Å². The topological polar surface area (TPSA) is 55.1 Å². The molecule has 3 atom stereocenters. The van der Waals surface area contributed by atoms with Crippen LogP contribution in [0.5, 0.6) is 0 Å². The Balaban J connectivity index is 1.69. The molecule has 2 fully saturated rings. The van der Waals surface area contributed by atoms with Crippen molar-refractivity contribution in [2.24, 2.45) is 17.6 Å². The van der Waals surface area contributed by atoms with Crippen molar-refractivity contribution in [3.63, 3.8) is 0 Å². The molecule has 3 heteroatoms. The average molecular weight is 238 g/mol. The highest BCUT2D eigenvalue weighted by Crippen LogP contribution is 2.32. The Bertz CT molecular complexity index is 263. The van der Waals surface area contributed by atoms with Gasteiger partial charge in [0, 0.05) is 18.5 Å². The van der Waals surface area contributed by atoms with Gasteiger partial charge in [-0.1, -0.05) is 19.8 Å². The van der Waals surface area contributed by atoms with E-state index in [1.54, 1.807) is 0 Å². The van der Waals surface area contributed by atoms with Crippen molar-refractivity contribution in [1.82, 2.24) is 5.32 Å². The summed E-state index contributed by atoms with van der Waals surface area (Å²) in [5.74, 6) is 1.62. The van der Waals surface area contributed by atoms with E-state index in [1.165, 1.54) is 32.1 Å². The monoisotopic (exact) mass is 238 g/mol. The van der Waals surface area contributed by atoms with Crippen molar-refractivity contribution in [3.8, 4) is 0 Å². The number of hydrogen-bond donors (Lipinski definition) is 2. The number of carbonyl (C=O) groups is 1. The molecule has 0 saturated heterocycles. The third kappa shape index (κ3) is 4.30. The van der Waals surface area contributed by atoms with E-state index in [9.17, 15) is 4.79 Å². The molecule has 0 aromatic carbocycles. The maximum atomic E-state index is 11.9. The van der Waals surface area contributed by atoms with Gasteiger partial charge in [-0.25, -0.2) is 0 Å². The molecular formula is C14H26N2O. The zero-order chi connectivity index (χ0) is 12.3. The van der Waals surface area contributed by atoms with Gasteiger partial charge in [-0.2, -0.15) is 0 Å². The Morgan fingerprint density at radius 2 is 2.00 bits per heavy atom. The van der Waals surface area contributed by atoms with Gasteiger partial charge >= 0.3 is 0 Å². The van der Waals surface area contributed by atoms with Crippen molar-refractivity contribution in [2.45, 2.75) is 70.4 Å². The van der Waals surface area contributed by atoms with E-state index < -0.39 is 0 Å². The zero-order valence-electron chi connectivity index (χ0n) is 11.0. The summed E-state index contributed by atoms with van der Waals surface area (Å²) in [6.07, 6.45) is 9.07. The number of amides is 1. The number of nitrogens with one attached hydrogen (secondary N) is 1. The summed E-state index contributed by atoms with van der Waals surface area (Å²) >= 11 is 0. The first kappa shape index (κ1) is 12.9. The van der Waals surface area contributed by atoms with Gasteiger partial charge in [0.15, 0.2) is 0 Å². The largest absolute Gasteiger partial charge is 0.353 e. The Morgan fingerprint density at radius 1 is 1.24 bits per heavy atom. The summed E-state index contributed by atoms with van der Waals surface area (Å²) in [5.41, 5.74) is 5.98. The molecule has 17 heavy (non-hydrogen) atoms. The van der Waals surface area contributed by atoms with E-state index in [0.717, 1.165) is 18.8 Å². The van der Waals surface area contributed by atoms with Crippen molar-refractivity contribution >= 4 is 5.91 Å². The Labute approximate surface area is 105 Å². The maximum Gasteiger partial charge on any atom is 0.221 e. The van der Waals surface area contributed by atoms with E-state index in [0.29, 0.717) is 18.4 Å². The van der Waals surface area contributed by atoms with Crippen molar-refractivity contribution in [2.75, 3.05) is 0 Å². The lowest BCUT2D eigenvalue weighted by Crippen LogP contribution is -2.38. The number of hydrogen-bond acceptors (Lipinski definition) is 2. The van der Waals surface area contributed by atoms with Gasteiger partial charge in [0.05, 0.1) is 0 Å². The van der Waals surface area contributed by atoms with Crippen LogP contribution < -0.4 is 11.1 Å². The lowest BCUT2D eigenvalue weighted by molar-refractivity contribution is -0.122. The highest BCUT2D eigenvalue weighted by molar-refractivity contribution is 5.76. The lowest BCUT2D eigenvalue weighted by atomic mass is 10.0. The van der Waals surface area contributed by atoms with Gasteiger partial charge in [-0.3, -0.25) is 4.79 Å². The van der Waals surface area contributed by atoms with Crippen LogP contribution >= 0.6 is 0 Å². The van der Waals surface area contributed by atoms with Crippen LogP contribution in [0.1, 0.15) is 58.3 Å². The molecule has 2 saturated carbocycles. The summed E-state index contributed by atoms with van der Waals surface area (Å²) in [4.78, 5) is 11.9. The normalized spacial score (nSPS) is 31.6. The molecule has 0 radical (unpaired) electrons.